The van der Waals surface area contributed by atoms with Crippen LogP contribution in [0.5, 0.6) is 11.5 Å². The van der Waals surface area contributed by atoms with Crippen LogP contribution in [0.1, 0.15) is 76.7 Å². The zero-order chi connectivity index (χ0) is 30.4. The van der Waals surface area contributed by atoms with E-state index in [4.69, 9.17) is 15.2 Å². The molecular weight excluding hydrogens is 544 g/mol. The third-order valence-corrected chi connectivity index (χ3v) is 9.78. The number of rotatable bonds is 2. The quantitative estimate of drug-likeness (QED) is 0.116. The number of aliphatic hydroxyl groups is 1. The van der Waals surface area contributed by atoms with E-state index in [2.05, 4.69) is 39.6 Å². The third-order valence-electron chi connectivity index (χ3n) is 9.78. The molecule has 0 amide bonds. The average molecular weight is 593 g/mol. The highest BCUT2D eigenvalue weighted by Gasteiger charge is 2.41. The molecule has 0 radical (unpaired) electrons. The Morgan fingerprint density at radius 2 is 2.09 bits per heavy atom. The van der Waals surface area contributed by atoms with E-state index in [9.17, 15) is 15.0 Å². The summed E-state index contributed by atoms with van der Waals surface area (Å²) in [6.45, 7) is 2.31. The summed E-state index contributed by atoms with van der Waals surface area (Å²) < 4.78 is 12.3. The predicted octanol–water partition coefficient (Wildman–Crippen LogP) is 3.57. The minimum Gasteiger partial charge on any atom is -0.504 e. The van der Waals surface area contributed by atoms with Gasteiger partial charge in [-0.25, -0.2) is 0 Å². The van der Waals surface area contributed by atoms with Crippen molar-refractivity contribution < 1.29 is 24.5 Å². The maximum atomic E-state index is 12.4. The van der Waals surface area contributed by atoms with Crippen LogP contribution < -0.4 is 21.1 Å². The van der Waals surface area contributed by atoms with Gasteiger partial charge in [-0.15, -0.1) is 0 Å². The van der Waals surface area contributed by atoms with Crippen LogP contribution in [0.4, 0.5) is 0 Å². The number of fused-ring (bicyclic) bond motifs is 5. The summed E-state index contributed by atoms with van der Waals surface area (Å²) in [6.07, 6.45) is 11.7. The van der Waals surface area contributed by atoms with Gasteiger partial charge in [0.2, 0.25) is 0 Å². The number of nitrogens with zero attached hydrogens (tertiary/aromatic N) is 1. The molecule has 8 unspecified atom stereocenters. The van der Waals surface area contributed by atoms with Crippen molar-refractivity contribution in [2.75, 3.05) is 13.6 Å². The number of carbonyl (C=O) groups is 1. The summed E-state index contributed by atoms with van der Waals surface area (Å²) in [7, 11) is 1.67. The second-order valence-corrected chi connectivity index (χ2v) is 12.8. The predicted molar refractivity (Wildman–Crippen MR) is 167 cm³/mol. The lowest BCUT2D eigenvalue weighted by molar-refractivity contribution is -0.152. The first kappa shape index (κ1) is 31.2. The van der Waals surface area contributed by atoms with Crippen LogP contribution in [-0.4, -0.2) is 66.1 Å². The van der Waals surface area contributed by atoms with Crippen LogP contribution in [0.15, 0.2) is 35.3 Å². The van der Waals surface area contributed by atoms with E-state index in [0.29, 0.717) is 43.4 Å². The number of allylic oxidation sites excluding steroid dienone is 1. The van der Waals surface area contributed by atoms with Crippen molar-refractivity contribution in [2.45, 2.75) is 108 Å². The number of nitrogens with one attached hydrogen (secondary N) is 2. The molecule has 234 valence electrons. The molecule has 1 aromatic carbocycles. The van der Waals surface area contributed by atoms with E-state index in [0.717, 1.165) is 57.1 Å². The van der Waals surface area contributed by atoms with E-state index in [1.165, 1.54) is 6.92 Å². The van der Waals surface area contributed by atoms with Gasteiger partial charge in [0, 0.05) is 38.3 Å². The number of nitrogens with two attached hydrogens (primary N) is 1. The number of guanidine groups is 1. The molecule has 9 nitrogen and oxygen atoms in total. The number of benzene rings is 1. The smallest absolute Gasteiger partial charge is 0.302 e. The SMILES string of the molecule is CN=C(N)NC1C=CCCC12C#CC1CCCC3CC(CCN3)Oc3cc(ccc3O)CC1C(OC(C)=O)CC(O)CC2. The second-order valence-electron chi connectivity index (χ2n) is 12.8. The number of esters is 1. The van der Waals surface area contributed by atoms with Crippen LogP contribution >= 0.6 is 0 Å². The highest BCUT2D eigenvalue weighted by atomic mass is 16.5. The Bertz CT molecular complexity index is 1250. The second kappa shape index (κ2) is 14.0. The molecule has 43 heavy (non-hydrogen) atoms. The molecule has 6 N–H and O–H groups in total. The minimum atomic E-state index is -0.655. The zero-order valence-corrected chi connectivity index (χ0v) is 25.6. The van der Waals surface area contributed by atoms with Gasteiger partial charge in [-0.3, -0.25) is 9.79 Å². The van der Waals surface area contributed by atoms with Crippen molar-refractivity contribution in [1.29, 1.82) is 0 Å². The fraction of sp³-hybridized carbons (Fsp3) is 0.647. The minimum absolute atomic E-state index is 0.0420. The van der Waals surface area contributed by atoms with Crippen LogP contribution in [0.2, 0.25) is 0 Å². The lowest BCUT2D eigenvalue weighted by Crippen LogP contribution is -2.50. The molecule has 1 saturated heterocycles. The molecule has 0 aromatic heterocycles. The summed E-state index contributed by atoms with van der Waals surface area (Å²) in [4.78, 5) is 16.5. The molecule has 2 aliphatic heterocycles. The van der Waals surface area contributed by atoms with Gasteiger partial charge in [-0.1, -0.05) is 36.5 Å². The van der Waals surface area contributed by atoms with Crippen molar-refractivity contribution >= 4 is 11.9 Å². The van der Waals surface area contributed by atoms with E-state index >= 15 is 0 Å². The molecule has 1 spiro atoms. The molecule has 0 saturated carbocycles. The normalized spacial score (nSPS) is 35.0. The van der Waals surface area contributed by atoms with Crippen molar-refractivity contribution in [1.82, 2.24) is 10.6 Å². The van der Waals surface area contributed by atoms with Gasteiger partial charge in [-0.05, 0) is 82.0 Å². The lowest BCUT2D eigenvalue weighted by atomic mass is 9.68. The first-order valence-corrected chi connectivity index (χ1v) is 16.0. The van der Waals surface area contributed by atoms with E-state index in [-0.39, 0.29) is 35.7 Å². The molecule has 4 bridgehead atoms. The topological polar surface area (TPSA) is 138 Å². The molecule has 2 heterocycles. The fourth-order valence-electron chi connectivity index (χ4n) is 7.41. The Labute approximate surface area is 255 Å². The number of hydrogen-bond acceptors (Lipinski definition) is 7. The summed E-state index contributed by atoms with van der Waals surface area (Å²) in [5.41, 5.74) is 6.71. The van der Waals surface area contributed by atoms with Gasteiger partial charge in [0.15, 0.2) is 17.5 Å². The standard InChI is InChI=1S/C34H48N4O5/c1-22(39)42-30-21-26(40)12-16-34(14-4-3-8-32(34)38-33(35)36-2)15-11-24-6-5-7-25-20-27(13-17-37-25)43-31-19-23(18-28(24)30)9-10-29(31)41/h3,8-10,19,24-28,30,32,37,40-41H,4-7,12-14,16-18,20-21H2,1-2H3,(H3,35,36,38). The lowest BCUT2D eigenvalue weighted by Gasteiger charge is -2.40. The van der Waals surface area contributed by atoms with Crippen molar-refractivity contribution in [3.8, 4) is 23.3 Å². The molecule has 2 aliphatic carbocycles. The van der Waals surface area contributed by atoms with Crippen LogP contribution in [0.25, 0.3) is 0 Å². The Hall–Kier alpha value is -3.22. The van der Waals surface area contributed by atoms with Crippen LogP contribution in [0.3, 0.4) is 0 Å². The number of piperidine rings is 1. The molecule has 5 rings (SSSR count). The number of phenols is 1. The average Bonchev–Trinajstić information content (AvgIpc) is 2.99. The molecule has 4 aliphatic rings. The van der Waals surface area contributed by atoms with Gasteiger partial charge < -0.3 is 36.1 Å². The fourth-order valence-corrected chi connectivity index (χ4v) is 7.41. The largest absolute Gasteiger partial charge is 0.504 e. The summed E-state index contributed by atoms with van der Waals surface area (Å²) in [5, 5.41) is 29.1. The number of aliphatic hydroxyl groups excluding tert-OH is 1. The number of phenolic OH excluding ortho intramolecular Hbond substituents is 1. The Morgan fingerprint density at radius 3 is 2.91 bits per heavy atom. The molecule has 1 aromatic rings. The van der Waals surface area contributed by atoms with Crippen molar-refractivity contribution in [3.63, 3.8) is 0 Å². The van der Waals surface area contributed by atoms with Gasteiger partial charge in [0.25, 0.3) is 0 Å². The van der Waals surface area contributed by atoms with Gasteiger partial charge in [0.1, 0.15) is 12.2 Å². The van der Waals surface area contributed by atoms with Gasteiger partial charge in [0.05, 0.1) is 17.6 Å². The van der Waals surface area contributed by atoms with Gasteiger partial charge in [-0.2, -0.15) is 0 Å². The summed E-state index contributed by atoms with van der Waals surface area (Å²) in [5.74, 6) is 7.91. The first-order valence-electron chi connectivity index (χ1n) is 16.0. The highest BCUT2D eigenvalue weighted by Crippen LogP contribution is 2.41. The highest BCUT2D eigenvalue weighted by molar-refractivity contribution is 5.78. The summed E-state index contributed by atoms with van der Waals surface area (Å²) >= 11 is 0. The van der Waals surface area contributed by atoms with E-state index in [1.54, 1.807) is 13.1 Å². The first-order chi connectivity index (χ1) is 20.7. The van der Waals surface area contributed by atoms with E-state index in [1.807, 2.05) is 12.1 Å². The number of ether oxygens (including phenoxy) is 2. The molecule has 9 heteroatoms. The zero-order valence-electron chi connectivity index (χ0n) is 25.6. The maximum Gasteiger partial charge on any atom is 0.302 e. The van der Waals surface area contributed by atoms with Crippen molar-refractivity contribution in [3.05, 3.63) is 35.9 Å². The number of carbonyl (C=O) groups excluding carboxylic acids is 1. The molecular formula is C34H48N4O5. The monoisotopic (exact) mass is 592 g/mol. The van der Waals surface area contributed by atoms with Crippen molar-refractivity contribution in [2.24, 2.45) is 28.0 Å². The van der Waals surface area contributed by atoms with Gasteiger partial charge >= 0.3 is 5.97 Å². The van der Waals surface area contributed by atoms with E-state index < -0.39 is 17.6 Å². The Morgan fingerprint density at radius 1 is 1.23 bits per heavy atom. The summed E-state index contributed by atoms with van der Waals surface area (Å²) in [6, 6.07) is 5.73. The van der Waals surface area contributed by atoms with Crippen LogP contribution in [0, 0.1) is 29.1 Å². The maximum absolute atomic E-state index is 12.4. The molecule has 8 atom stereocenters. The number of aliphatic imine (C=N–C) groups is 1. The Balaban J connectivity index is 1.58. The Kier molecular flexibility index (Phi) is 10.2. The number of aromatic hydroxyl groups is 1. The number of hydrogen-bond donors (Lipinski definition) is 5. The third kappa shape index (κ3) is 7.84. The molecule has 1 fully saturated rings. The van der Waals surface area contributed by atoms with Crippen LogP contribution in [-0.2, 0) is 16.0 Å².